The molecule has 1 saturated heterocycles. The van der Waals surface area contributed by atoms with Crippen LogP contribution in [0.4, 0.5) is 0 Å². The summed E-state index contributed by atoms with van der Waals surface area (Å²) in [6.45, 7) is 1.65. The maximum absolute atomic E-state index is 12.0. The maximum atomic E-state index is 12.0. The minimum atomic E-state index is -1.37. The summed E-state index contributed by atoms with van der Waals surface area (Å²) in [5, 5.41) is 30.1. The summed E-state index contributed by atoms with van der Waals surface area (Å²) in [7, 11) is 2.69. The van der Waals surface area contributed by atoms with E-state index < -0.39 is 49.6 Å². The van der Waals surface area contributed by atoms with Gasteiger partial charge in [-0.1, -0.05) is 6.92 Å². The van der Waals surface area contributed by atoms with Crippen LogP contribution in [0.2, 0.25) is 0 Å². The number of fused-ring (bicyclic) bond motifs is 1. The van der Waals surface area contributed by atoms with Crippen molar-refractivity contribution in [3.05, 3.63) is 11.8 Å². The summed E-state index contributed by atoms with van der Waals surface area (Å²) in [5.41, 5.74) is 0.476. The van der Waals surface area contributed by atoms with Crippen LogP contribution in [-0.4, -0.2) is 79.1 Å². The predicted octanol–water partition coefficient (Wildman–Crippen LogP) is -0.467. The largest absolute Gasteiger partial charge is 0.472 e. The molecular formula is C18H28O9. The molecule has 9 heteroatoms. The highest BCUT2D eigenvalue weighted by molar-refractivity contribution is 5.89. The van der Waals surface area contributed by atoms with Crippen LogP contribution in [0.25, 0.3) is 0 Å². The lowest BCUT2D eigenvalue weighted by Crippen LogP contribution is -2.60. The minimum Gasteiger partial charge on any atom is -0.472 e. The van der Waals surface area contributed by atoms with Crippen LogP contribution in [0.5, 0.6) is 0 Å². The van der Waals surface area contributed by atoms with Gasteiger partial charge in [0.1, 0.15) is 24.4 Å². The van der Waals surface area contributed by atoms with Crippen LogP contribution in [0.1, 0.15) is 19.8 Å². The summed E-state index contributed by atoms with van der Waals surface area (Å²) in [5.74, 6) is -0.397. The van der Waals surface area contributed by atoms with Gasteiger partial charge in [0.2, 0.25) is 6.29 Å². The van der Waals surface area contributed by atoms with Crippen LogP contribution >= 0.6 is 0 Å². The zero-order valence-electron chi connectivity index (χ0n) is 15.7. The van der Waals surface area contributed by atoms with Gasteiger partial charge in [-0.15, -0.1) is 0 Å². The molecule has 1 aliphatic carbocycles. The second-order valence-electron chi connectivity index (χ2n) is 7.35. The fourth-order valence-corrected chi connectivity index (χ4v) is 4.39. The zero-order chi connectivity index (χ0) is 19.7. The normalized spacial score (nSPS) is 44.2. The van der Waals surface area contributed by atoms with Gasteiger partial charge in [-0.3, -0.25) is 0 Å². The van der Waals surface area contributed by atoms with Crippen molar-refractivity contribution in [1.29, 1.82) is 0 Å². The number of methoxy groups -OCH3 is 2. The first-order chi connectivity index (χ1) is 12.9. The summed E-state index contributed by atoms with van der Waals surface area (Å²) in [6, 6.07) is 0. The Bertz CT molecular complexity index is 563. The molecule has 0 bridgehead atoms. The van der Waals surface area contributed by atoms with Gasteiger partial charge in [-0.05, 0) is 18.8 Å². The number of esters is 1. The van der Waals surface area contributed by atoms with Gasteiger partial charge in [0.15, 0.2) is 6.29 Å². The van der Waals surface area contributed by atoms with Crippen LogP contribution in [0.15, 0.2) is 11.8 Å². The molecule has 3 aliphatic rings. The van der Waals surface area contributed by atoms with Gasteiger partial charge in [0, 0.05) is 18.9 Å². The number of hydrogen-bond acceptors (Lipinski definition) is 9. The van der Waals surface area contributed by atoms with Gasteiger partial charge in [0.05, 0.1) is 25.6 Å². The highest BCUT2D eigenvalue weighted by Crippen LogP contribution is 2.47. The van der Waals surface area contributed by atoms with E-state index in [-0.39, 0.29) is 17.8 Å². The van der Waals surface area contributed by atoms with E-state index in [1.807, 2.05) is 0 Å². The van der Waals surface area contributed by atoms with E-state index in [9.17, 15) is 20.1 Å². The van der Waals surface area contributed by atoms with Crippen molar-refractivity contribution < 1.29 is 43.8 Å². The van der Waals surface area contributed by atoms with Crippen molar-refractivity contribution in [2.75, 3.05) is 20.8 Å². The zero-order valence-corrected chi connectivity index (χ0v) is 15.7. The third-order valence-electron chi connectivity index (χ3n) is 5.88. The van der Waals surface area contributed by atoms with Crippen molar-refractivity contribution in [3.63, 3.8) is 0 Å². The van der Waals surface area contributed by atoms with E-state index in [0.29, 0.717) is 5.57 Å². The first-order valence-corrected chi connectivity index (χ1v) is 9.17. The molecule has 0 radical (unpaired) electrons. The highest BCUT2D eigenvalue weighted by atomic mass is 16.8. The summed E-state index contributed by atoms with van der Waals surface area (Å²) in [6.07, 6.45) is -3.29. The molecule has 1 saturated carbocycles. The molecule has 0 unspecified atom stereocenters. The molecule has 2 heterocycles. The molecule has 0 aromatic carbocycles. The quantitative estimate of drug-likeness (QED) is 0.536. The molecule has 3 rings (SSSR count). The van der Waals surface area contributed by atoms with Gasteiger partial charge >= 0.3 is 5.97 Å². The molecule has 0 aromatic heterocycles. The number of aliphatic hydroxyl groups excluding tert-OH is 3. The Morgan fingerprint density at radius 1 is 1.22 bits per heavy atom. The molecule has 0 spiro atoms. The van der Waals surface area contributed by atoms with Crippen molar-refractivity contribution >= 4 is 5.97 Å². The molecule has 154 valence electrons. The second-order valence-corrected chi connectivity index (χ2v) is 7.35. The number of ether oxygens (including phenoxy) is 5. The standard InChI is InChI=1S/C18H28O9/c1-8-4-5-9-10(16(22)24-3)7-25-17(12(8)9)27-18-14(21)13(20)15(23-2)11(6-19)26-18/h7-9,11-15,17-21H,4-6H2,1-3H3/t8-,9-,11+,12-,13+,14+,15+,17+,18-/m0/s1. The van der Waals surface area contributed by atoms with Crippen LogP contribution in [-0.2, 0) is 28.5 Å². The molecule has 0 amide bonds. The fraction of sp³-hybridized carbons (Fsp3) is 0.833. The van der Waals surface area contributed by atoms with Crippen LogP contribution in [0, 0.1) is 17.8 Å². The fourth-order valence-electron chi connectivity index (χ4n) is 4.39. The molecule has 3 N–H and O–H groups in total. The van der Waals surface area contributed by atoms with E-state index >= 15 is 0 Å². The molecule has 9 atom stereocenters. The van der Waals surface area contributed by atoms with E-state index in [1.54, 1.807) is 0 Å². The topological polar surface area (TPSA) is 124 Å². The lowest BCUT2D eigenvalue weighted by atomic mass is 9.83. The molecule has 27 heavy (non-hydrogen) atoms. The van der Waals surface area contributed by atoms with E-state index in [0.717, 1.165) is 12.8 Å². The monoisotopic (exact) mass is 388 g/mol. The summed E-state index contributed by atoms with van der Waals surface area (Å²) < 4.78 is 27.1. The van der Waals surface area contributed by atoms with Gasteiger partial charge in [-0.2, -0.15) is 0 Å². The Balaban J connectivity index is 1.76. The van der Waals surface area contributed by atoms with Crippen LogP contribution in [0.3, 0.4) is 0 Å². The Morgan fingerprint density at radius 2 is 1.96 bits per heavy atom. The predicted molar refractivity (Wildman–Crippen MR) is 90.0 cm³/mol. The molecule has 0 aromatic rings. The van der Waals surface area contributed by atoms with Gasteiger partial charge in [-0.25, -0.2) is 4.79 Å². The number of carbonyl (C=O) groups is 1. The van der Waals surface area contributed by atoms with Crippen molar-refractivity contribution in [2.45, 2.75) is 56.8 Å². The first kappa shape index (κ1) is 20.5. The average molecular weight is 388 g/mol. The third-order valence-corrected chi connectivity index (χ3v) is 5.88. The molecule has 9 nitrogen and oxygen atoms in total. The van der Waals surface area contributed by atoms with Gasteiger partial charge in [0.25, 0.3) is 0 Å². The number of carbonyl (C=O) groups excluding carboxylic acids is 1. The first-order valence-electron chi connectivity index (χ1n) is 9.17. The van der Waals surface area contributed by atoms with E-state index in [1.165, 1.54) is 20.5 Å². The van der Waals surface area contributed by atoms with Crippen molar-refractivity contribution in [2.24, 2.45) is 17.8 Å². The van der Waals surface area contributed by atoms with Crippen molar-refractivity contribution in [1.82, 2.24) is 0 Å². The molecule has 2 aliphatic heterocycles. The summed E-state index contributed by atoms with van der Waals surface area (Å²) >= 11 is 0. The Morgan fingerprint density at radius 3 is 2.59 bits per heavy atom. The van der Waals surface area contributed by atoms with E-state index in [2.05, 4.69) is 6.92 Å². The Hall–Kier alpha value is -1.23. The SMILES string of the molecule is COC(=O)C1=CO[C@H](O[C@@H]2O[C@H](CO)[C@@H](OC)[C@H](O)[C@H]2O)[C@H]2[C@@H](C)CC[C@@H]12. The number of hydrogen-bond donors (Lipinski definition) is 3. The molecular weight excluding hydrogens is 360 g/mol. The van der Waals surface area contributed by atoms with Gasteiger partial charge < -0.3 is 39.0 Å². The van der Waals surface area contributed by atoms with Crippen LogP contribution < -0.4 is 0 Å². The molecule has 2 fully saturated rings. The highest BCUT2D eigenvalue weighted by Gasteiger charge is 2.51. The lowest BCUT2D eigenvalue weighted by molar-refractivity contribution is -0.344. The minimum absolute atomic E-state index is 0.0720. The van der Waals surface area contributed by atoms with Crippen molar-refractivity contribution in [3.8, 4) is 0 Å². The maximum Gasteiger partial charge on any atom is 0.337 e. The summed E-state index contributed by atoms with van der Waals surface area (Å²) in [4.78, 5) is 12.0. The van der Waals surface area contributed by atoms with E-state index in [4.69, 9.17) is 23.7 Å². The smallest absolute Gasteiger partial charge is 0.337 e. The number of rotatable bonds is 5. The third kappa shape index (κ3) is 3.72. The second kappa shape index (κ2) is 8.42. The Kier molecular flexibility index (Phi) is 6.39. The average Bonchev–Trinajstić information content (AvgIpc) is 3.07. The Labute approximate surface area is 157 Å². The lowest BCUT2D eigenvalue weighted by Gasteiger charge is -2.44. The number of aliphatic hydroxyl groups is 3.